The fourth-order valence-corrected chi connectivity index (χ4v) is 2.84. The van der Waals surface area contributed by atoms with Crippen LogP contribution in [0.1, 0.15) is 6.92 Å². The highest BCUT2D eigenvalue weighted by atomic mass is 32.1. The van der Waals surface area contributed by atoms with Gasteiger partial charge in [-0.05, 0) is 42.6 Å². The number of aromatic nitrogens is 2. The molecule has 0 atom stereocenters. The maximum absolute atomic E-state index is 12.2. The van der Waals surface area contributed by atoms with E-state index in [1.165, 1.54) is 11.3 Å². The molecule has 5 nitrogen and oxygen atoms in total. The van der Waals surface area contributed by atoms with Crippen LogP contribution in [0.3, 0.4) is 0 Å². The van der Waals surface area contributed by atoms with E-state index in [2.05, 4.69) is 4.98 Å². The molecule has 0 aliphatic rings. The van der Waals surface area contributed by atoms with Crippen LogP contribution in [0.15, 0.2) is 46.8 Å². The van der Waals surface area contributed by atoms with Crippen molar-refractivity contribution in [1.29, 1.82) is 0 Å². The minimum absolute atomic E-state index is 0.0263. The summed E-state index contributed by atoms with van der Waals surface area (Å²) in [6.45, 7) is 3.46. The number of benzene rings is 1. The normalized spacial score (nSPS) is 10.8. The second-order valence-electron chi connectivity index (χ2n) is 4.64. The molecular weight excluding hydrogens is 300 g/mol. The summed E-state index contributed by atoms with van der Waals surface area (Å²) in [7, 11) is 0. The van der Waals surface area contributed by atoms with Gasteiger partial charge in [-0.15, -0.1) is 11.3 Å². The van der Waals surface area contributed by atoms with Crippen LogP contribution < -0.4 is 15.0 Å². The number of ether oxygens (including phenoxy) is 2. The van der Waals surface area contributed by atoms with Gasteiger partial charge in [0.05, 0.1) is 24.9 Å². The molecule has 114 valence electrons. The number of hydrogen-bond donors (Lipinski definition) is 0. The standard InChI is InChI=1S/C16H16N2O3S/c1-2-20-12-3-5-13(6-4-12)21-9-8-18-11-17-15-14(16(18)19)7-10-22-15/h3-7,10-11H,2,8-9H2,1H3. The van der Waals surface area contributed by atoms with Gasteiger partial charge in [-0.1, -0.05) is 0 Å². The molecule has 0 radical (unpaired) electrons. The van der Waals surface area contributed by atoms with Crippen LogP contribution in [0.4, 0.5) is 0 Å². The lowest BCUT2D eigenvalue weighted by Gasteiger charge is -2.09. The van der Waals surface area contributed by atoms with Crippen molar-refractivity contribution in [1.82, 2.24) is 9.55 Å². The molecule has 0 aliphatic heterocycles. The molecular formula is C16H16N2O3S. The fourth-order valence-electron chi connectivity index (χ4n) is 2.11. The monoisotopic (exact) mass is 316 g/mol. The van der Waals surface area contributed by atoms with E-state index < -0.39 is 0 Å². The largest absolute Gasteiger partial charge is 0.494 e. The molecule has 6 heteroatoms. The molecule has 3 aromatic rings. The molecule has 0 unspecified atom stereocenters. The van der Waals surface area contributed by atoms with E-state index in [9.17, 15) is 4.79 Å². The van der Waals surface area contributed by atoms with Crippen molar-refractivity contribution >= 4 is 21.6 Å². The molecule has 0 fully saturated rings. The molecule has 22 heavy (non-hydrogen) atoms. The molecule has 2 heterocycles. The summed E-state index contributed by atoms with van der Waals surface area (Å²) in [5.74, 6) is 1.57. The zero-order chi connectivity index (χ0) is 15.4. The van der Waals surface area contributed by atoms with Gasteiger partial charge in [-0.3, -0.25) is 9.36 Å². The molecule has 0 saturated heterocycles. The zero-order valence-electron chi connectivity index (χ0n) is 12.2. The average molecular weight is 316 g/mol. The topological polar surface area (TPSA) is 53.4 Å². The molecule has 0 spiro atoms. The van der Waals surface area contributed by atoms with Gasteiger partial charge < -0.3 is 9.47 Å². The van der Waals surface area contributed by atoms with Crippen LogP contribution in [0, 0.1) is 0 Å². The van der Waals surface area contributed by atoms with Crippen molar-refractivity contribution in [2.45, 2.75) is 13.5 Å². The fraction of sp³-hybridized carbons (Fsp3) is 0.250. The summed E-state index contributed by atoms with van der Waals surface area (Å²) in [5.41, 5.74) is -0.0263. The molecule has 0 N–H and O–H groups in total. The van der Waals surface area contributed by atoms with E-state index in [0.29, 0.717) is 25.1 Å². The second-order valence-corrected chi connectivity index (χ2v) is 5.53. The zero-order valence-corrected chi connectivity index (χ0v) is 13.0. The first-order valence-corrected chi connectivity index (χ1v) is 7.94. The van der Waals surface area contributed by atoms with Crippen LogP contribution in [0.2, 0.25) is 0 Å². The molecule has 0 bridgehead atoms. The molecule has 0 aliphatic carbocycles. The van der Waals surface area contributed by atoms with Crippen molar-refractivity contribution in [3.05, 3.63) is 52.4 Å². The summed E-state index contributed by atoms with van der Waals surface area (Å²) in [4.78, 5) is 17.2. The molecule has 0 saturated carbocycles. The number of hydrogen-bond acceptors (Lipinski definition) is 5. The second kappa shape index (κ2) is 6.62. The van der Waals surface area contributed by atoms with E-state index in [0.717, 1.165) is 16.3 Å². The van der Waals surface area contributed by atoms with Gasteiger partial charge in [0.15, 0.2) is 0 Å². The molecule has 3 rings (SSSR count). The lowest BCUT2D eigenvalue weighted by molar-refractivity contribution is 0.294. The third-order valence-corrected chi connectivity index (χ3v) is 4.01. The predicted molar refractivity (Wildman–Crippen MR) is 87.0 cm³/mol. The number of nitrogens with zero attached hydrogens (tertiary/aromatic N) is 2. The maximum atomic E-state index is 12.2. The summed E-state index contributed by atoms with van der Waals surface area (Å²) in [5, 5.41) is 2.54. The molecule has 0 amide bonds. The molecule has 1 aromatic carbocycles. The van der Waals surface area contributed by atoms with E-state index in [1.54, 1.807) is 17.0 Å². The Hall–Kier alpha value is -2.34. The summed E-state index contributed by atoms with van der Waals surface area (Å²) in [6.07, 6.45) is 1.57. The highest BCUT2D eigenvalue weighted by Crippen LogP contribution is 2.17. The third kappa shape index (κ3) is 3.12. The smallest absolute Gasteiger partial charge is 0.262 e. The minimum atomic E-state index is -0.0263. The van der Waals surface area contributed by atoms with Crippen molar-refractivity contribution < 1.29 is 9.47 Å². The van der Waals surface area contributed by atoms with Crippen molar-refractivity contribution in [3.63, 3.8) is 0 Å². The maximum Gasteiger partial charge on any atom is 0.262 e. The lowest BCUT2D eigenvalue weighted by Crippen LogP contribution is -2.23. The van der Waals surface area contributed by atoms with Gasteiger partial charge in [0, 0.05) is 0 Å². The first-order chi connectivity index (χ1) is 10.8. The average Bonchev–Trinajstić information content (AvgIpc) is 3.01. The van der Waals surface area contributed by atoms with Crippen LogP contribution >= 0.6 is 11.3 Å². The Labute approximate surface area is 131 Å². The van der Waals surface area contributed by atoms with Gasteiger partial charge in [0.25, 0.3) is 5.56 Å². The van der Waals surface area contributed by atoms with Gasteiger partial charge in [-0.25, -0.2) is 4.98 Å². The Morgan fingerprint density at radius 3 is 2.59 bits per heavy atom. The summed E-state index contributed by atoms with van der Waals surface area (Å²) < 4.78 is 12.6. The Kier molecular flexibility index (Phi) is 4.39. The van der Waals surface area contributed by atoms with E-state index in [4.69, 9.17) is 9.47 Å². The summed E-state index contributed by atoms with van der Waals surface area (Å²) in [6, 6.07) is 9.25. The van der Waals surface area contributed by atoms with Gasteiger partial charge in [0.2, 0.25) is 0 Å². The van der Waals surface area contributed by atoms with Crippen LogP contribution in [0.25, 0.3) is 10.2 Å². The highest BCUT2D eigenvalue weighted by molar-refractivity contribution is 7.16. The van der Waals surface area contributed by atoms with Crippen molar-refractivity contribution in [3.8, 4) is 11.5 Å². The highest BCUT2D eigenvalue weighted by Gasteiger charge is 2.05. The van der Waals surface area contributed by atoms with E-state index >= 15 is 0 Å². The minimum Gasteiger partial charge on any atom is -0.494 e. The Morgan fingerprint density at radius 1 is 1.14 bits per heavy atom. The van der Waals surface area contributed by atoms with E-state index in [-0.39, 0.29) is 5.56 Å². The number of fused-ring (bicyclic) bond motifs is 1. The van der Waals surface area contributed by atoms with Gasteiger partial charge >= 0.3 is 0 Å². The Morgan fingerprint density at radius 2 is 1.86 bits per heavy atom. The van der Waals surface area contributed by atoms with Crippen LogP contribution in [-0.4, -0.2) is 22.8 Å². The number of rotatable bonds is 6. The lowest BCUT2D eigenvalue weighted by atomic mass is 10.3. The first-order valence-electron chi connectivity index (χ1n) is 7.06. The molecule has 2 aromatic heterocycles. The van der Waals surface area contributed by atoms with E-state index in [1.807, 2.05) is 36.6 Å². The predicted octanol–water partition coefficient (Wildman–Crippen LogP) is 2.94. The quantitative estimate of drug-likeness (QED) is 0.701. The SMILES string of the molecule is CCOc1ccc(OCCn2cnc3sccc3c2=O)cc1. The van der Waals surface area contributed by atoms with Gasteiger partial charge in [0.1, 0.15) is 22.9 Å². The first kappa shape index (κ1) is 14.6. The Bertz CT molecular complexity index is 808. The summed E-state index contributed by atoms with van der Waals surface area (Å²) >= 11 is 1.47. The Balaban J connectivity index is 1.62. The van der Waals surface area contributed by atoms with Crippen LogP contribution in [0.5, 0.6) is 11.5 Å². The number of thiophene rings is 1. The third-order valence-electron chi connectivity index (χ3n) is 3.19. The van der Waals surface area contributed by atoms with Crippen molar-refractivity contribution in [2.24, 2.45) is 0 Å². The van der Waals surface area contributed by atoms with Crippen LogP contribution in [-0.2, 0) is 6.54 Å². The van der Waals surface area contributed by atoms with Crippen molar-refractivity contribution in [2.75, 3.05) is 13.2 Å². The van der Waals surface area contributed by atoms with Gasteiger partial charge in [-0.2, -0.15) is 0 Å².